The first-order valence-electron chi connectivity index (χ1n) is 5.96. The van der Waals surface area contributed by atoms with Crippen molar-refractivity contribution in [3.05, 3.63) is 22.3 Å². The molecule has 0 atom stereocenters. The monoisotopic (exact) mass is 282 g/mol. The van der Waals surface area contributed by atoms with Crippen LogP contribution in [0.1, 0.15) is 32.3 Å². The maximum atomic E-state index is 4.57. The molecule has 0 aromatic carbocycles. The summed E-state index contributed by atoms with van der Waals surface area (Å²) in [7, 11) is 0. The Balaban J connectivity index is 2.24. The summed E-state index contributed by atoms with van der Waals surface area (Å²) in [5.74, 6) is 1.85. The average molecular weight is 283 g/mol. The molecule has 1 aliphatic carbocycles. The lowest BCUT2D eigenvalue weighted by Crippen LogP contribution is -2.31. The van der Waals surface area contributed by atoms with Gasteiger partial charge in [0.2, 0.25) is 0 Å². The van der Waals surface area contributed by atoms with Crippen LogP contribution in [0.5, 0.6) is 0 Å². The Morgan fingerprint density at radius 3 is 2.69 bits per heavy atom. The van der Waals surface area contributed by atoms with Gasteiger partial charge in [-0.05, 0) is 53.2 Å². The zero-order valence-electron chi connectivity index (χ0n) is 10.2. The average Bonchev–Trinajstić information content (AvgIpc) is 2.97. The van der Waals surface area contributed by atoms with Crippen LogP contribution in [0, 0.1) is 12.8 Å². The van der Waals surface area contributed by atoms with Crippen molar-refractivity contribution < 1.29 is 0 Å². The predicted molar refractivity (Wildman–Crippen MR) is 71.9 cm³/mol. The molecule has 0 amide bonds. The maximum Gasteiger partial charge on any atom is 0.131 e. The number of hydrogen-bond donors (Lipinski definition) is 0. The van der Waals surface area contributed by atoms with Gasteiger partial charge in [-0.25, -0.2) is 4.98 Å². The summed E-state index contributed by atoms with van der Waals surface area (Å²) in [5, 5.41) is 0. The van der Waals surface area contributed by atoms with Gasteiger partial charge in [0.1, 0.15) is 5.82 Å². The third kappa shape index (κ3) is 2.76. The van der Waals surface area contributed by atoms with Crippen LogP contribution in [-0.4, -0.2) is 17.6 Å². The van der Waals surface area contributed by atoms with Crippen LogP contribution >= 0.6 is 15.9 Å². The van der Waals surface area contributed by atoms with Crippen LogP contribution in [0.2, 0.25) is 0 Å². The number of nitrogens with zero attached hydrogens (tertiary/aromatic N) is 2. The minimum Gasteiger partial charge on any atom is -0.353 e. The fraction of sp³-hybridized carbons (Fsp3) is 0.615. The van der Waals surface area contributed by atoms with Crippen LogP contribution < -0.4 is 4.90 Å². The molecule has 1 aromatic heterocycles. The van der Waals surface area contributed by atoms with Gasteiger partial charge in [-0.2, -0.15) is 0 Å². The first kappa shape index (κ1) is 11.9. The lowest BCUT2D eigenvalue weighted by atomic mass is 10.2. The second kappa shape index (κ2) is 4.74. The van der Waals surface area contributed by atoms with E-state index in [1.165, 1.54) is 24.2 Å². The number of aryl methyl sites for hydroxylation is 1. The van der Waals surface area contributed by atoms with Gasteiger partial charge in [0, 0.05) is 23.3 Å². The molecule has 0 bridgehead atoms. The topological polar surface area (TPSA) is 16.1 Å². The molecule has 1 fully saturated rings. The van der Waals surface area contributed by atoms with Gasteiger partial charge in [0.25, 0.3) is 0 Å². The van der Waals surface area contributed by atoms with Crippen LogP contribution in [0.15, 0.2) is 16.7 Å². The molecule has 0 unspecified atom stereocenters. The van der Waals surface area contributed by atoms with E-state index in [1.807, 2.05) is 6.20 Å². The fourth-order valence-corrected chi connectivity index (χ4v) is 2.47. The number of rotatable bonds is 4. The molecular formula is C13H19BrN2. The molecule has 0 N–H and O–H groups in total. The Kier molecular flexibility index (Phi) is 3.53. The molecule has 88 valence electrons. The standard InChI is InChI=1S/C13H19BrN2/c1-9(2)8-16(12-4-5-12)13-10(3)6-11(14)7-15-13/h6-7,9,12H,4-5,8H2,1-3H3. The molecule has 3 heteroatoms. The van der Waals surface area contributed by atoms with Gasteiger partial charge in [0.05, 0.1) is 0 Å². The minimum atomic E-state index is 0.686. The smallest absolute Gasteiger partial charge is 0.131 e. The summed E-state index contributed by atoms with van der Waals surface area (Å²) < 4.78 is 1.06. The molecule has 2 nitrogen and oxygen atoms in total. The molecule has 1 saturated carbocycles. The Hall–Kier alpha value is -0.570. The SMILES string of the molecule is Cc1cc(Br)cnc1N(CC(C)C)C1CC1. The Morgan fingerprint density at radius 1 is 1.50 bits per heavy atom. The third-order valence-corrected chi connectivity index (χ3v) is 3.27. The summed E-state index contributed by atoms with van der Waals surface area (Å²) in [6.45, 7) is 7.79. The number of halogens is 1. The molecular weight excluding hydrogens is 264 g/mol. The van der Waals surface area contributed by atoms with E-state index in [9.17, 15) is 0 Å². The lowest BCUT2D eigenvalue weighted by molar-refractivity contribution is 0.601. The van der Waals surface area contributed by atoms with Crippen molar-refractivity contribution in [3.8, 4) is 0 Å². The normalized spacial score (nSPS) is 15.6. The number of anilines is 1. The van der Waals surface area contributed by atoms with Crippen molar-refractivity contribution in [2.75, 3.05) is 11.4 Å². The van der Waals surface area contributed by atoms with Gasteiger partial charge in [-0.15, -0.1) is 0 Å². The quantitative estimate of drug-likeness (QED) is 0.836. The molecule has 0 spiro atoms. The van der Waals surface area contributed by atoms with Crippen molar-refractivity contribution in [3.63, 3.8) is 0 Å². The summed E-state index contributed by atoms with van der Waals surface area (Å²) in [4.78, 5) is 7.05. The van der Waals surface area contributed by atoms with Crippen LogP contribution in [0.3, 0.4) is 0 Å². The van der Waals surface area contributed by atoms with Gasteiger partial charge < -0.3 is 4.90 Å². The van der Waals surface area contributed by atoms with Crippen molar-refractivity contribution >= 4 is 21.7 Å². The fourth-order valence-electron chi connectivity index (χ4n) is 2.02. The molecule has 0 aliphatic heterocycles. The van der Waals surface area contributed by atoms with Crippen molar-refractivity contribution in [1.29, 1.82) is 0 Å². The molecule has 1 aliphatic rings. The van der Waals surface area contributed by atoms with E-state index in [4.69, 9.17) is 0 Å². The van der Waals surface area contributed by atoms with E-state index in [0.29, 0.717) is 5.92 Å². The molecule has 0 saturated heterocycles. The van der Waals surface area contributed by atoms with E-state index in [1.54, 1.807) is 0 Å². The molecule has 1 heterocycles. The van der Waals surface area contributed by atoms with Crippen LogP contribution in [0.25, 0.3) is 0 Å². The van der Waals surface area contributed by atoms with Crippen molar-refractivity contribution in [1.82, 2.24) is 4.98 Å². The molecule has 1 aromatic rings. The van der Waals surface area contributed by atoms with E-state index in [2.05, 4.69) is 52.7 Å². The van der Waals surface area contributed by atoms with E-state index >= 15 is 0 Å². The van der Waals surface area contributed by atoms with E-state index < -0.39 is 0 Å². The Labute approximate surface area is 106 Å². The largest absolute Gasteiger partial charge is 0.353 e. The summed E-state index contributed by atoms with van der Waals surface area (Å²) in [6, 6.07) is 2.88. The van der Waals surface area contributed by atoms with E-state index in [-0.39, 0.29) is 0 Å². The van der Waals surface area contributed by atoms with Crippen molar-refractivity contribution in [2.24, 2.45) is 5.92 Å². The van der Waals surface area contributed by atoms with Gasteiger partial charge in [-0.3, -0.25) is 0 Å². The first-order chi connectivity index (χ1) is 7.58. The summed E-state index contributed by atoms with van der Waals surface area (Å²) >= 11 is 3.47. The minimum absolute atomic E-state index is 0.686. The third-order valence-electron chi connectivity index (χ3n) is 2.84. The molecule has 0 radical (unpaired) electrons. The first-order valence-corrected chi connectivity index (χ1v) is 6.76. The number of pyridine rings is 1. The van der Waals surface area contributed by atoms with Gasteiger partial charge in [0.15, 0.2) is 0 Å². The van der Waals surface area contributed by atoms with Gasteiger partial charge >= 0.3 is 0 Å². The van der Waals surface area contributed by atoms with Crippen molar-refractivity contribution in [2.45, 2.75) is 39.7 Å². The zero-order valence-corrected chi connectivity index (χ0v) is 11.8. The van der Waals surface area contributed by atoms with Crippen LogP contribution in [-0.2, 0) is 0 Å². The Morgan fingerprint density at radius 2 is 2.19 bits per heavy atom. The Bertz CT molecular complexity index is 372. The highest BCUT2D eigenvalue weighted by molar-refractivity contribution is 9.10. The maximum absolute atomic E-state index is 4.57. The molecule has 16 heavy (non-hydrogen) atoms. The predicted octanol–water partition coefficient (Wildman–Crippen LogP) is 3.78. The highest BCUT2D eigenvalue weighted by atomic mass is 79.9. The summed E-state index contributed by atoms with van der Waals surface area (Å²) in [6.07, 6.45) is 4.55. The second-order valence-corrected chi connectivity index (χ2v) is 5.99. The lowest BCUT2D eigenvalue weighted by Gasteiger charge is -2.27. The van der Waals surface area contributed by atoms with Crippen LogP contribution in [0.4, 0.5) is 5.82 Å². The number of hydrogen-bond acceptors (Lipinski definition) is 2. The zero-order chi connectivity index (χ0) is 11.7. The highest BCUT2D eigenvalue weighted by Crippen LogP contribution is 2.33. The highest BCUT2D eigenvalue weighted by Gasteiger charge is 2.31. The molecule has 2 rings (SSSR count). The number of aromatic nitrogens is 1. The second-order valence-electron chi connectivity index (χ2n) is 5.07. The van der Waals surface area contributed by atoms with Gasteiger partial charge in [-0.1, -0.05) is 13.8 Å². The summed E-state index contributed by atoms with van der Waals surface area (Å²) in [5.41, 5.74) is 1.27. The van der Waals surface area contributed by atoms with E-state index in [0.717, 1.165) is 17.1 Å².